The van der Waals surface area contributed by atoms with Crippen LogP contribution in [0.5, 0.6) is 0 Å². The van der Waals surface area contributed by atoms with Crippen LogP contribution in [0.1, 0.15) is 16.1 Å². The van der Waals surface area contributed by atoms with Gasteiger partial charge in [0.1, 0.15) is 11.5 Å². The van der Waals surface area contributed by atoms with Crippen LogP contribution in [-0.2, 0) is 4.74 Å². The summed E-state index contributed by atoms with van der Waals surface area (Å²) in [4.78, 5) is 15.1. The summed E-state index contributed by atoms with van der Waals surface area (Å²) in [6.45, 7) is 4.63. The zero-order valence-corrected chi connectivity index (χ0v) is 15.6. The zero-order valence-electron chi connectivity index (χ0n) is 15.6. The number of morpholine rings is 1. The lowest BCUT2D eigenvalue weighted by Gasteiger charge is -2.30. The molecule has 0 spiro atoms. The molecule has 0 radical (unpaired) electrons. The Morgan fingerprint density at radius 2 is 1.75 bits per heavy atom. The predicted molar refractivity (Wildman–Crippen MR) is 106 cm³/mol. The monoisotopic (exact) mass is 380 g/mol. The number of amides is 1. The van der Waals surface area contributed by atoms with Crippen molar-refractivity contribution in [2.75, 3.05) is 36.5 Å². The van der Waals surface area contributed by atoms with E-state index >= 15 is 0 Å². The highest BCUT2D eigenvalue weighted by atomic mass is 19.1. The van der Waals surface area contributed by atoms with Crippen LogP contribution in [0.2, 0.25) is 0 Å². The van der Waals surface area contributed by atoms with E-state index in [9.17, 15) is 9.18 Å². The molecule has 0 unspecified atom stereocenters. The number of nitrogens with zero attached hydrogens (tertiary/aromatic N) is 3. The van der Waals surface area contributed by atoms with Gasteiger partial charge < -0.3 is 15.0 Å². The Bertz CT molecular complexity index is 996. The number of rotatable bonds is 4. The minimum Gasteiger partial charge on any atom is -0.378 e. The number of nitrogens with one attached hydrogen (secondary N) is 1. The van der Waals surface area contributed by atoms with E-state index in [0.717, 1.165) is 24.5 Å². The van der Waals surface area contributed by atoms with Crippen LogP contribution in [0.25, 0.3) is 5.69 Å². The highest BCUT2D eigenvalue weighted by molar-refractivity contribution is 6.06. The average molecular weight is 380 g/mol. The Labute approximate surface area is 162 Å². The maximum Gasteiger partial charge on any atom is 0.259 e. The van der Waals surface area contributed by atoms with E-state index in [-0.39, 0.29) is 5.91 Å². The van der Waals surface area contributed by atoms with Gasteiger partial charge >= 0.3 is 0 Å². The van der Waals surface area contributed by atoms with Crippen LogP contribution >= 0.6 is 0 Å². The second kappa shape index (κ2) is 7.82. The molecule has 1 saturated heterocycles. The van der Waals surface area contributed by atoms with Gasteiger partial charge in [0.15, 0.2) is 0 Å². The first-order chi connectivity index (χ1) is 13.6. The summed E-state index contributed by atoms with van der Waals surface area (Å²) in [7, 11) is 0. The molecule has 28 heavy (non-hydrogen) atoms. The summed E-state index contributed by atoms with van der Waals surface area (Å²) in [6.07, 6.45) is 1.47. The zero-order chi connectivity index (χ0) is 19.5. The lowest BCUT2D eigenvalue weighted by molar-refractivity contribution is 0.102. The summed E-state index contributed by atoms with van der Waals surface area (Å²) >= 11 is 0. The summed E-state index contributed by atoms with van der Waals surface area (Å²) in [5.74, 6) is -0.667. The molecule has 7 heteroatoms. The Morgan fingerprint density at radius 3 is 2.50 bits per heavy atom. The largest absolute Gasteiger partial charge is 0.378 e. The summed E-state index contributed by atoms with van der Waals surface area (Å²) < 4.78 is 20.9. The van der Waals surface area contributed by atoms with Gasteiger partial charge in [-0.15, -0.1) is 0 Å². The van der Waals surface area contributed by atoms with Gasteiger partial charge in [0.25, 0.3) is 5.91 Å². The maximum absolute atomic E-state index is 14.1. The van der Waals surface area contributed by atoms with Crippen molar-refractivity contribution in [1.29, 1.82) is 0 Å². The third-order valence-electron chi connectivity index (χ3n) is 4.84. The molecule has 6 nitrogen and oxygen atoms in total. The molecule has 2 heterocycles. The quantitative estimate of drug-likeness (QED) is 0.754. The van der Waals surface area contributed by atoms with Gasteiger partial charge in [-0.3, -0.25) is 4.79 Å². The average Bonchev–Trinajstić information content (AvgIpc) is 3.11. The third-order valence-corrected chi connectivity index (χ3v) is 4.84. The number of aromatic nitrogens is 2. The van der Waals surface area contributed by atoms with E-state index in [1.165, 1.54) is 16.9 Å². The number of ether oxygens (including phenoxy) is 1. The van der Waals surface area contributed by atoms with Gasteiger partial charge in [-0.2, -0.15) is 5.10 Å². The van der Waals surface area contributed by atoms with Gasteiger partial charge in [-0.05, 0) is 31.2 Å². The molecular weight excluding hydrogens is 359 g/mol. The van der Waals surface area contributed by atoms with Crippen LogP contribution in [-0.4, -0.2) is 42.0 Å². The lowest BCUT2D eigenvalue weighted by atomic mass is 10.2. The topological polar surface area (TPSA) is 59.4 Å². The number of halogens is 1. The molecule has 144 valence electrons. The SMILES string of the molecule is Cc1c(C(=O)Nc2ccccc2N2CCOCC2)cnn1-c1ccccc1F. The molecular formula is C21H21FN4O2. The first-order valence-corrected chi connectivity index (χ1v) is 9.18. The van der Waals surface area contributed by atoms with Gasteiger partial charge in [0, 0.05) is 13.1 Å². The molecule has 0 atom stereocenters. The highest BCUT2D eigenvalue weighted by Crippen LogP contribution is 2.27. The summed E-state index contributed by atoms with van der Waals surface area (Å²) in [5, 5.41) is 7.19. The lowest BCUT2D eigenvalue weighted by Crippen LogP contribution is -2.36. The first-order valence-electron chi connectivity index (χ1n) is 9.18. The summed E-state index contributed by atoms with van der Waals surface area (Å²) in [6, 6.07) is 14.0. The van der Waals surface area contributed by atoms with E-state index in [0.29, 0.717) is 30.2 Å². The number of carbonyl (C=O) groups is 1. The Hall–Kier alpha value is -3.19. The number of hydrogen-bond acceptors (Lipinski definition) is 4. The van der Waals surface area contributed by atoms with Crippen molar-refractivity contribution in [3.05, 3.63) is 71.8 Å². The fraction of sp³-hybridized carbons (Fsp3) is 0.238. The van der Waals surface area contributed by atoms with E-state index in [2.05, 4.69) is 15.3 Å². The van der Waals surface area contributed by atoms with Crippen LogP contribution in [0.3, 0.4) is 0 Å². The molecule has 1 fully saturated rings. The van der Waals surface area contributed by atoms with Gasteiger partial charge in [0.05, 0.1) is 42.0 Å². The van der Waals surface area contributed by atoms with Crippen LogP contribution < -0.4 is 10.2 Å². The van der Waals surface area contributed by atoms with Gasteiger partial charge in [0.2, 0.25) is 0 Å². The number of benzene rings is 2. The Kier molecular flexibility index (Phi) is 5.08. The molecule has 1 aliphatic rings. The first kappa shape index (κ1) is 18.2. The molecule has 1 aliphatic heterocycles. The van der Waals surface area contributed by atoms with Crippen molar-refractivity contribution in [3.8, 4) is 5.69 Å². The van der Waals surface area contributed by atoms with E-state index < -0.39 is 5.82 Å². The third kappa shape index (κ3) is 3.48. The van der Waals surface area contributed by atoms with Crippen molar-refractivity contribution in [2.24, 2.45) is 0 Å². The molecule has 1 N–H and O–H groups in total. The second-order valence-corrected chi connectivity index (χ2v) is 6.58. The van der Waals surface area contributed by atoms with Gasteiger partial charge in [-0.1, -0.05) is 24.3 Å². The number of hydrogen-bond donors (Lipinski definition) is 1. The molecule has 0 saturated carbocycles. The van der Waals surface area contributed by atoms with E-state index in [4.69, 9.17) is 4.74 Å². The minimum absolute atomic E-state index is 0.277. The van der Waals surface area contributed by atoms with E-state index in [1.54, 1.807) is 25.1 Å². The van der Waals surface area contributed by atoms with Crippen molar-refractivity contribution >= 4 is 17.3 Å². The molecule has 1 amide bonds. The predicted octanol–water partition coefficient (Wildman–Crippen LogP) is 3.41. The maximum atomic E-state index is 14.1. The van der Waals surface area contributed by atoms with Crippen molar-refractivity contribution in [1.82, 2.24) is 9.78 Å². The standard InChI is InChI=1S/C21H21FN4O2/c1-15-16(14-23-26(15)19-8-4-2-6-17(19)22)21(27)24-18-7-3-5-9-20(18)25-10-12-28-13-11-25/h2-9,14H,10-13H2,1H3,(H,24,27). The number of carbonyl (C=O) groups excluding carboxylic acids is 1. The smallest absolute Gasteiger partial charge is 0.259 e. The number of para-hydroxylation sites is 3. The molecule has 1 aromatic heterocycles. The molecule has 2 aromatic carbocycles. The fourth-order valence-electron chi connectivity index (χ4n) is 3.35. The van der Waals surface area contributed by atoms with Crippen LogP contribution in [0, 0.1) is 12.7 Å². The van der Waals surface area contributed by atoms with Crippen molar-refractivity contribution in [2.45, 2.75) is 6.92 Å². The normalized spacial score (nSPS) is 14.1. The van der Waals surface area contributed by atoms with Crippen molar-refractivity contribution in [3.63, 3.8) is 0 Å². The van der Waals surface area contributed by atoms with Crippen LogP contribution in [0.4, 0.5) is 15.8 Å². The highest BCUT2D eigenvalue weighted by Gasteiger charge is 2.20. The fourth-order valence-corrected chi connectivity index (χ4v) is 3.35. The molecule has 3 aromatic rings. The summed E-state index contributed by atoms with van der Waals surface area (Å²) in [5.41, 5.74) is 2.98. The molecule has 4 rings (SSSR count). The molecule has 0 aliphatic carbocycles. The Balaban J connectivity index is 1.60. The Morgan fingerprint density at radius 1 is 1.07 bits per heavy atom. The van der Waals surface area contributed by atoms with Crippen LogP contribution in [0.15, 0.2) is 54.7 Å². The second-order valence-electron chi connectivity index (χ2n) is 6.58. The number of anilines is 2. The minimum atomic E-state index is -0.390. The molecule has 0 bridgehead atoms. The van der Waals surface area contributed by atoms with Gasteiger partial charge in [-0.25, -0.2) is 9.07 Å². The van der Waals surface area contributed by atoms with Crippen molar-refractivity contribution < 1.29 is 13.9 Å². The van der Waals surface area contributed by atoms with E-state index in [1.807, 2.05) is 24.3 Å².